The van der Waals surface area contributed by atoms with Crippen LogP contribution in [0.2, 0.25) is 5.15 Å². The van der Waals surface area contributed by atoms with Crippen molar-refractivity contribution in [3.05, 3.63) is 41.2 Å². The van der Waals surface area contributed by atoms with Crippen LogP contribution < -0.4 is 11.1 Å². The van der Waals surface area contributed by atoms with Crippen molar-refractivity contribution in [3.8, 4) is 17.0 Å². The smallest absolute Gasteiger partial charge is 0.177 e. The molecule has 1 fully saturated rings. The highest BCUT2D eigenvalue weighted by Gasteiger charge is 2.21. The van der Waals surface area contributed by atoms with Crippen molar-refractivity contribution >= 4 is 28.8 Å². The Morgan fingerprint density at radius 1 is 1.39 bits per heavy atom. The highest BCUT2D eigenvalue weighted by atomic mass is 35.5. The Bertz CT molecular complexity index is 1050. The SMILES string of the molecule is CC(C)CNc1cc(Cl)nn2c(-c3ccc(C(N)=NC4CC4)c(O)c3)cnc12. The van der Waals surface area contributed by atoms with E-state index in [9.17, 15) is 5.11 Å². The Morgan fingerprint density at radius 3 is 2.86 bits per heavy atom. The Morgan fingerprint density at radius 2 is 2.18 bits per heavy atom. The number of aromatic hydroxyl groups is 1. The van der Waals surface area contributed by atoms with E-state index >= 15 is 0 Å². The lowest BCUT2D eigenvalue weighted by molar-refractivity contribution is 0.474. The molecule has 2 aromatic heterocycles. The van der Waals surface area contributed by atoms with E-state index in [1.165, 1.54) is 0 Å². The van der Waals surface area contributed by atoms with Gasteiger partial charge in [-0.15, -0.1) is 0 Å². The van der Waals surface area contributed by atoms with E-state index in [4.69, 9.17) is 17.3 Å². The summed E-state index contributed by atoms with van der Waals surface area (Å²) in [7, 11) is 0. The van der Waals surface area contributed by atoms with Crippen molar-refractivity contribution in [2.75, 3.05) is 11.9 Å². The normalized spacial score (nSPS) is 14.8. The van der Waals surface area contributed by atoms with E-state index in [0.29, 0.717) is 34.2 Å². The number of phenolic OH excluding ortho intramolecular Hbond substituents is 1. The number of nitrogens with one attached hydrogen (secondary N) is 1. The highest BCUT2D eigenvalue weighted by Crippen LogP contribution is 2.30. The standard InChI is InChI=1S/C20H23ClN6O/c1-11(2)9-23-15-8-18(21)26-27-16(10-24-20(15)27)12-3-6-14(17(28)7-12)19(22)25-13-4-5-13/h3,6-8,10-11,13,23,28H,4-5,9H2,1-2H3,(H2,22,25). The van der Waals surface area contributed by atoms with Gasteiger partial charge in [0.1, 0.15) is 11.6 Å². The molecule has 28 heavy (non-hydrogen) atoms. The summed E-state index contributed by atoms with van der Waals surface area (Å²) in [4.78, 5) is 8.90. The van der Waals surface area contributed by atoms with Crippen molar-refractivity contribution in [1.29, 1.82) is 0 Å². The summed E-state index contributed by atoms with van der Waals surface area (Å²) < 4.78 is 1.68. The molecule has 0 saturated heterocycles. The second kappa shape index (κ2) is 7.31. The number of fused-ring (bicyclic) bond motifs is 1. The van der Waals surface area contributed by atoms with E-state index in [2.05, 4.69) is 34.2 Å². The van der Waals surface area contributed by atoms with E-state index < -0.39 is 0 Å². The third-order valence-electron chi connectivity index (χ3n) is 4.58. The zero-order valence-electron chi connectivity index (χ0n) is 15.9. The summed E-state index contributed by atoms with van der Waals surface area (Å²) in [5, 5.41) is 18.6. The summed E-state index contributed by atoms with van der Waals surface area (Å²) >= 11 is 6.23. The van der Waals surface area contributed by atoms with Gasteiger partial charge in [0, 0.05) is 18.2 Å². The summed E-state index contributed by atoms with van der Waals surface area (Å²) in [6, 6.07) is 7.36. The van der Waals surface area contributed by atoms with E-state index in [1.807, 2.05) is 6.07 Å². The number of aromatic nitrogens is 3. The Balaban J connectivity index is 1.72. The van der Waals surface area contributed by atoms with Gasteiger partial charge < -0.3 is 16.2 Å². The van der Waals surface area contributed by atoms with Crippen molar-refractivity contribution in [2.45, 2.75) is 32.7 Å². The van der Waals surface area contributed by atoms with Gasteiger partial charge in [0.25, 0.3) is 0 Å². The number of nitrogens with zero attached hydrogens (tertiary/aromatic N) is 4. The lowest BCUT2D eigenvalue weighted by atomic mass is 10.1. The van der Waals surface area contributed by atoms with Crippen LogP contribution in [-0.2, 0) is 0 Å². The van der Waals surface area contributed by atoms with Gasteiger partial charge in [-0.25, -0.2) is 9.50 Å². The maximum Gasteiger partial charge on any atom is 0.177 e. The summed E-state index contributed by atoms with van der Waals surface area (Å²) in [6.07, 6.45) is 3.83. The topological polar surface area (TPSA) is 101 Å². The van der Waals surface area contributed by atoms with E-state index in [-0.39, 0.29) is 5.75 Å². The van der Waals surface area contributed by atoms with Gasteiger partial charge in [-0.3, -0.25) is 4.99 Å². The lowest BCUT2D eigenvalue weighted by Gasteiger charge is -2.11. The minimum atomic E-state index is 0.0783. The first-order valence-corrected chi connectivity index (χ1v) is 9.75. The quantitative estimate of drug-likeness (QED) is 0.434. The number of hydrogen-bond donors (Lipinski definition) is 3. The minimum Gasteiger partial charge on any atom is -0.507 e. The zero-order valence-corrected chi connectivity index (χ0v) is 16.6. The number of anilines is 1. The van der Waals surface area contributed by atoms with Crippen molar-refractivity contribution in [2.24, 2.45) is 16.6 Å². The predicted molar refractivity (Wildman–Crippen MR) is 112 cm³/mol. The van der Waals surface area contributed by atoms with Crippen molar-refractivity contribution in [1.82, 2.24) is 14.6 Å². The Hall–Kier alpha value is -2.80. The molecule has 0 unspecified atom stereocenters. The number of aliphatic imine (C=N–C) groups is 1. The number of benzene rings is 1. The Kier molecular flexibility index (Phi) is 4.85. The highest BCUT2D eigenvalue weighted by molar-refractivity contribution is 6.29. The van der Waals surface area contributed by atoms with Crippen LogP contribution in [0.4, 0.5) is 5.69 Å². The van der Waals surface area contributed by atoms with Gasteiger partial charge >= 0.3 is 0 Å². The van der Waals surface area contributed by atoms with E-state index in [1.54, 1.807) is 28.9 Å². The number of phenols is 1. The van der Waals surface area contributed by atoms with Crippen LogP contribution in [0.1, 0.15) is 32.3 Å². The fraction of sp³-hybridized carbons (Fsp3) is 0.350. The number of rotatable bonds is 6. The number of halogens is 1. The van der Waals surface area contributed by atoms with Gasteiger partial charge in [0.05, 0.1) is 29.2 Å². The maximum absolute atomic E-state index is 10.5. The van der Waals surface area contributed by atoms with Gasteiger partial charge in [0.2, 0.25) is 0 Å². The van der Waals surface area contributed by atoms with Crippen LogP contribution in [0, 0.1) is 5.92 Å². The first kappa shape index (κ1) is 18.6. The minimum absolute atomic E-state index is 0.0783. The fourth-order valence-corrected chi connectivity index (χ4v) is 3.14. The summed E-state index contributed by atoms with van der Waals surface area (Å²) in [5.74, 6) is 0.925. The fourth-order valence-electron chi connectivity index (χ4n) is 2.96. The third-order valence-corrected chi connectivity index (χ3v) is 4.76. The molecule has 1 aliphatic rings. The molecule has 4 rings (SSSR count). The first-order chi connectivity index (χ1) is 13.4. The van der Waals surface area contributed by atoms with E-state index in [0.717, 1.165) is 36.3 Å². The zero-order chi connectivity index (χ0) is 19.8. The largest absolute Gasteiger partial charge is 0.507 e. The second-order valence-corrected chi connectivity index (χ2v) is 7.90. The molecular weight excluding hydrogens is 376 g/mol. The maximum atomic E-state index is 10.5. The summed E-state index contributed by atoms with van der Waals surface area (Å²) in [5.41, 5.74) is 9.55. The molecule has 3 aromatic rings. The van der Waals surface area contributed by atoms with Gasteiger partial charge in [-0.1, -0.05) is 31.5 Å². The first-order valence-electron chi connectivity index (χ1n) is 9.37. The Labute approximate surface area is 168 Å². The molecule has 0 radical (unpaired) electrons. The molecule has 8 heteroatoms. The molecule has 146 valence electrons. The summed E-state index contributed by atoms with van der Waals surface area (Å²) in [6.45, 7) is 5.06. The number of amidine groups is 1. The van der Waals surface area contributed by atoms with Crippen LogP contribution in [0.15, 0.2) is 35.5 Å². The third kappa shape index (κ3) is 3.75. The molecule has 0 aliphatic heterocycles. The van der Waals surface area contributed by atoms with Crippen LogP contribution in [0.3, 0.4) is 0 Å². The molecule has 0 atom stereocenters. The molecule has 0 spiro atoms. The predicted octanol–water partition coefficient (Wildman–Crippen LogP) is 3.69. The molecule has 0 amide bonds. The molecule has 1 aromatic carbocycles. The van der Waals surface area contributed by atoms with Gasteiger partial charge in [0.15, 0.2) is 10.8 Å². The van der Waals surface area contributed by atoms with Gasteiger partial charge in [-0.05, 0) is 30.9 Å². The van der Waals surface area contributed by atoms with Crippen molar-refractivity contribution < 1.29 is 5.11 Å². The average Bonchev–Trinajstić information content (AvgIpc) is 3.35. The second-order valence-electron chi connectivity index (χ2n) is 7.51. The van der Waals surface area contributed by atoms with Crippen LogP contribution in [0.5, 0.6) is 5.75 Å². The van der Waals surface area contributed by atoms with Crippen LogP contribution >= 0.6 is 11.6 Å². The number of hydrogen-bond acceptors (Lipinski definition) is 5. The molecule has 2 heterocycles. The van der Waals surface area contributed by atoms with Crippen molar-refractivity contribution in [3.63, 3.8) is 0 Å². The average molecular weight is 399 g/mol. The van der Waals surface area contributed by atoms with Gasteiger partial charge in [-0.2, -0.15) is 5.10 Å². The van der Waals surface area contributed by atoms with Crippen LogP contribution in [0.25, 0.3) is 16.9 Å². The molecule has 1 aliphatic carbocycles. The molecule has 0 bridgehead atoms. The number of imidazole rings is 1. The molecule has 4 N–H and O–H groups in total. The van der Waals surface area contributed by atoms with Crippen LogP contribution in [-0.4, -0.2) is 38.1 Å². The molecule has 1 saturated carbocycles. The lowest BCUT2D eigenvalue weighted by Crippen LogP contribution is -2.14. The number of nitrogens with two attached hydrogens (primary N) is 1. The monoisotopic (exact) mass is 398 g/mol. The molecule has 7 nitrogen and oxygen atoms in total. The molecular formula is C20H23ClN6O.